The lowest BCUT2D eigenvalue weighted by atomic mass is 10.2. The van der Waals surface area contributed by atoms with Crippen molar-refractivity contribution in [1.29, 1.82) is 0 Å². The van der Waals surface area contributed by atoms with E-state index in [0.717, 1.165) is 5.56 Å². The maximum atomic E-state index is 11.3. The summed E-state index contributed by atoms with van der Waals surface area (Å²) in [6, 6.07) is 5.88. The Morgan fingerprint density at radius 3 is 2.33 bits per heavy atom. The summed E-state index contributed by atoms with van der Waals surface area (Å²) in [6.07, 6.45) is 0. The van der Waals surface area contributed by atoms with E-state index in [1.165, 1.54) is 12.1 Å². The molecular weight excluding hydrogens is 220 g/mol. The van der Waals surface area contributed by atoms with Crippen molar-refractivity contribution in [3.05, 3.63) is 29.8 Å². The van der Waals surface area contributed by atoms with Crippen LogP contribution in [0.4, 0.5) is 0 Å². The first-order valence-corrected chi connectivity index (χ1v) is 5.48. The predicted molar refractivity (Wildman–Crippen MR) is 49.3 cm³/mol. The topological polar surface area (TPSA) is 83.5 Å². The van der Waals surface area contributed by atoms with E-state index in [2.05, 4.69) is 4.18 Å². The Bertz CT molecular complexity index is 446. The van der Waals surface area contributed by atoms with Gasteiger partial charge in [0.1, 0.15) is 6.61 Å². The van der Waals surface area contributed by atoms with Crippen molar-refractivity contribution in [2.75, 3.05) is 6.61 Å². The Labute approximate surface area is 87.4 Å². The quantitative estimate of drug-likeness (QED) is 0.647. The van der Waals surface area contributed by atoms with Crippen LogP contribution < -0.4 is 5.11 Å². The minimum absolute atomic E-state index is 0.0747. The SMILES string of the molecule is Cc1ccc(S(=O)(=O)OCC(=O)[O-])cc1. The molecule has 0 unspecified atom stereocenters. The van der Waals surface area contributed by atoms with Gasteiger partial charge in [-0.15, -0.1) is 0 Å². The van der Waals surface area contributed by atoms with E-state index in [4.69, 9.17) is 0 Å². The van der Waals surface area contributed by atoms with Crippen LogP contribution >= 0.6 is 0 Å². The van der Waals surface area contributed by atoms with Crippen molar-refractivity contribution < 1.29 is 22.5 Å². The summed E-state index contributed by atoms with van der Waals surface area (Å²) >= 11 is 0. The van der Waals surface area contributed by atoms with Gasteiger partial charge in [0.2, 0.25) is 0 Å². The van der Waals surface area contributed by atoms with Crippen LogP contribution in [0.3, 0.4) is 0 Å². The maximum absolute atomic E-state index is 11.3. The molecule has 0 atom stereocenters. The van der Waals surface area contributed by atoms with Gasteiger partial charge in [-0.1, -0.05) is 17.7 Å². The molecule has 1 rings (SSSR count). The lowest BCUT2D eigenvalue weighted by Crippen LogP contribution is -2.28. The monoisotopic (exact) mass is 229 g/mol. The minimum atomic E-state index is -3.99. The van der Waals surface area contributed by atoms with Crippen molar-refractivity contribution in [1.82, 2.24) is 0 Å². The molecular formula is C9H9O5S-. The minimum Gasteiger partial charge on any atom is -0.548 e. The molecule has 0 aliphatic rings. The van der Waals surface area contributed by atoms with Crippen LogP contribution in [-0.2, 0) is 19.1 Å². The van der Waals surface area contributed by atoms with Gasteiger partial charge in [-0.25, -0.2) is 0 Å². The molecule has 0 saturated heterocycles. The molecule has 0 spiro atoms. The second kappa shape index (κ2) is 4.41. The number of rotatable bonds is 4. The zero-order valence-electron chi connectivity index (χ0n) is 7.97. The molecule has 1 aromatic carbocycles. The third kappa shape index (κ3) is 3.34. The Balaban J connectivity index is 2.87. The van der Waals surface area contributed by atoms with Crippen molar-refractivity contribution >= 4 is 16.1 Å². The third-order valence-electron chi connectivity index (χ3n) is 1.64. The fraction of sp³-hybridized carbons (Fsp3) is 0.222. The summed E-state index contributed by atoms with van der Waals surface area (Å²) in [5.74, 6) is -1.58. The highest BCUT2D eigenvalue weighted by Crippen LogP contribution is 2.12. The van der Waals surface area contributed by atoms with Gasteiger partial charge in [-0.2, -0.15) is 8.42 Å². The molecule has 0 aliphatic carbocycles. The van der Waals surface area contributed by atoms with Crippen LogP contribution in [0, 0.1) is 6.92 Å². The van der Waals surface area contributed by atoms with Gasteiger partial charge in [-0.05, 0) is 19.1 Å². The second-order valence-corrected chi connectivity index (χ2v) is 4.52. The summed E-state index contributed by atoms with van der Waals surface area (Å²) in [4.78, 5) is 9.96. The van der Waals surface area contributed by atoms with Crippen LogP contribution in [0.5, 0.6) is 0 Å². The molecule has 0 aliphatic heterocycles. The number of carboxylic acid groups (broad SMARTS) is 1. The molecule has 0 fully saturated rings. The van der Waals surface area contributed by atoms with Gasteiger partial charge in [0, 0.05) is 0 Å². The molecule has 82 valence electrons. The Morgan fingerprint density at radius 2 is 1.87 bits per heavy atom. The van der Waals surface area contributed by atoms with Crippen LogP contribution in [0.15, 0.2) is 29.2 Å². The number of hydrogen-bond acceptors (Lipinski definition) is 5. The van der Waals surface area contributed by atoms with Crippen molar-refractivity contribution in [3.63, 3.8) is 0 Å². The molecule has 1 aromatic rings. The van der Waals surface area contributed by atoms with Crippen molar-refractivity contribution in [3.8, 4) is 0 Å². The molecule has 0 bridgehead atoms. The third-order valence-corrected chi connectivity index (χ3v) is 2.92. The fourth-order valence-electron chi connectivity index (χ4n) is 0.899. The zero-order chi connectivity index (χ0) is 11.5. The molecule has 0 N–H and O–H groups in total. The number of benzene rings is 1. The molecule has 0 radical (unpaired) electrons. The number of carbonyl (C=O) groups is 1. The van der Waals surface area contributed by atoms with Crippen molar-refractivity contribution in [2.24, 2.45) is 0 Å². The molecule has 6 heteroatoms. The van der Waals surface area contributed by atoms with Crippen LogP contribution in [0.1, 0.15) is 5.56 Å². The van der Waals surface area contributed by atoms with Crippen LogP contribution in [0.2, 0.25) is 0 Å². The van der Waals surface area contributed by atoms with E-state index in [-0.39, 0.29) is 4.90 Å². The lowest BCUT2D eigenvalue weighted by molar-refractivity contribution is -0.307. The summed E-state index contributed by atoms with van der Waals surface area (Å²) in [5, 5.41) is 10.0. The smallest absolute Gasteiger partial charge is 0.297 e. The second-order valence-electron chi connectivity index (χ2n) is 2.90. The Kier molecular flexibility index (Phi) is 3.43. The van der Waals surface area contributed by atoms with Gasteiger partial charge in [0.25, 0.3) is 10.1 Å². The number of hydrogen-bond donors (Lipinski definition) is 0. The first kappa shape index (κ1) is 11.7. The standard InChI is InChI=1S/C9H10O5S/c1-7-2-4-8(5-3-7)15(12,13)14-6-9(10)11/h2-5H,6H2,1H3,(H,10,11)/p-1. The van der Waals surface area contributed by atoms with Gasteiger partial charge in [0.05, 0.1) is 10.9 Å². The summed E-state index contributed by atoms with van der Waals surface area (Å²) in [5.41, 5.74) is 0.897. The highest BCUT2D eigenvalue weighted by Gasteiger charge is 2.14. The number of carbonyl (C=O) groups excluding carboxylic acids is 1. The van der Waals surface area contributed by atoms with E-state index in [9.17, 15) is 18.3 Å². The van der Waals surface area contributed by atoms with Crippen molar-refractivity contribution in [2.45, 2.75) is 11.8 Å². The number of carboxylic acids is 1. The molecule has 0 saturated carbocycles. The van der Waals surface area contributed by atoms with E-state index in [1.807, 2.05) is 0 Å². The van der Waals surface area contributed by atoms with E-state index < -0.39 is 22.7 Å². The molecule has 15 heavy (non-hydrogen) atoms. The largest absolute Gasteiger partial charge is 0.548 e. The zero-order valence-corrected chi connectivity index (χ0v) is 8.78. The highest BCUT2D eigenvalue weighted by molar-refractivity contribution is 7.86. The fourth-order valence-corrected chi connectivity index (χ4v) is 1.76. The molecule has 0 heterocycles. The van der Waals surface area contributed by atoms with Gasteiger partial charge >= 0.3 is 0 Å². The van der Waals surface area contributed by atoms with E-state index in [1.54, 1.807) is 19.1 Å². The predicted octanol–water partition coefficient (Wildman–Crippen LogP) is -0.550. The maximum Gasteiger partial charge on any atom is 0.297 e. The first-order valence-electron chi connectivity index (χ1n) is 4.08. The molecule has 0 amide bonds. The van der Waals surface area contributed by atoms with E-state index in [0.29, 0.717) is 0 Å². The van der Waals surface area contributed by atoms with Crippen LogP contribution in [0.25, 0.3) is 0 Å². The molecule has 5 nitrogen and oxygen atoms in total. The lowest BCUT2D eigenvalue weighted by Gasteiger charge is -2.05. The number of aryl methyl sites for hydroxylation is 1. The average molecular weight is 229 g/mol. The number of aliphatic carboxylic acids is 1. The van der Waals surface area contributed by atoms with Gasteiger partial charge < -0.3 is 9.90 Å². The van der Waals surface area contributed by atoms with Gasteiger partial charge in [-0.3, -0.25) is 4.18 Å². The highest BCUT2D eigenvalue weighted by atomic mass is 32.2. The molecule has 0 aromatic heterocycles. The summed E-state index contributed by atoms with van der Waals surface area (Å²) in [6.45, 7) is 0.828. The van der Waals surface area contributed by atoms with E-state index >= 15 is 0 Å². The Hall–Kier alpha value is -1.40. The Morgan fingerprint density at radius 1 is 1.33 bits per heavy atom. The summed E-state index contributed by atoms with van der Waals surface area (Å²) < 4.78 is 26.9. The summed E-state index contributed by atoms with van der Waals surface area (Å²) in [7, 11) is -3.99. The average Bonchev–Trinajstić information content (AvgIpc) is 2.16. The van der Waals surface area contributed by atoms with Crippen LogP contribution in [-0.4, -0.2) is 21.0 Å². The first-order chi connectivity index (χ1) is 6.92. The van der Waals surface area contributed by atoms with Gasteiger partial charge in [0.15, 0.2) is 0 Å². The normalized spacial score (nSPS) is 11.3.